The highest BCUT2D eigenvalue weighted by Crippen LogP contribution is 2.02. The van der Waals surface area contributed by atoms with Crippen molar-refractivity contribution in [3.63, 3.8) is 0 Å². The number of nitrogens with one attached hydrogen (secondary N) is 2. The molecule has 7 heteroatoms. The van der Waals surface area contributed by atoms with Crippen molar-refractivity contribution in [2.24, 2.45) is 0 Å². The lowest BCUT2D eigenvalue weighted by atomic mass is 10.4. The van der Waals surface area contributed by atoms with Crippen LogP contribution in [0.1, 0.15) is 0 Å². The SMILES string of the molecule is O=C(CN1C(=O)CNC1=O)Nc1ccccn1. The predicted octanol–water partition coefficient (Wildman–Crippen LogP) is -0.428. The summed E-state index contributed by atoms with van der Waals surface area (Å²) in [5.74, 6) is -0.496. The molecule has 0 aromatic carbocycles. The maximum Gasteiger partial charge on any atom is 0.325 e. The molecule has 2 N–H and O–H groups in total. The minimum absolute atomic E-state index is 0.0598. The number of anilines is 1. The van der Waals surface area contributed by atoms with Crippen molar-refractivity contribution in [2.75, 3.05) is 18.4 Å². The molecule has 88 valence electrons. The first-order chi connectivity index (χ1) is 8.16. The van der Waals surface area contributed by atoms with Crippen LogP contribution in [0.4, 0.5) is 10.6 Å². The van der Waals surface area contributed by atoms with Gasteiger partial charge in [-0.3, -0.25) is 14.5 Å². The van der Waals surface area contributed by atoms with Crippen LogP contribution in [0.3, 0.4) is 0 Å². The van der Waals surface area contributed by atoms with Crippen molar-refractivity contribution in [3.8, 4) is 0 Å². The van der Waals surface area contributed by atoms with Crippen LogP contribution in [0.25, 0.3) is 0 Å². The lowest BCUT2D eigenvalue weighted by Crippen LogP contribution is -2.38. The van der Waals surface area contributed by atoms with Crippen molar-refractivity contribution in [1.29, 1.82) is 0 Å². The standard InChI is InChI=1S/C10H10N4O3/c15-8(13-7-3-1-2-4-11-7)6-14-9(16)5-12-10(14)17/h1-4H,5-6H2,(H,12,17)(H,11,13,15). The number of rotatable bonds is 3. The van der Waals surface area contributed by atoms with E-state index in [0.717, 1.165) is 4.90 Å². The van der Waals surface area contributed by atoms with E-state index in [9.17, 15) is 14.4 Å². The van der Waals surface area contributed by atoms with Gasteiger partial charge >= 0.3 is 6.03 Å². The molecule has 1 fully saturated rings. The Hall–Kier alpha value is -2.44. The van der Waals surface area contributed by atoms with Crippen molar-refractivity contribution in [1.82, 2.24) is 15.2 Å². The largest absolute Gasteiger partial charge is 0.329 e. The molecule has 1 aromatic heterocycles. The van der Waals surface area contributed by atoms with E-state index in [1.807, 2.05) is 0 Å². The minimum atomic E-state index is -0.550. The van der Waals surface area contributed by atoms with Gasteiger partial charge < -0.3 is 10.6 Å². The number of carbonyl (C=O) groups excluding carboxylic acids is 3. The smallest absolute Gasteiger partial charge is 0.325 e. The number of aromatic nitrogens is 1. The number of hydrogen-bond acceptors (Lipinski definition) is 4. The van der Waals surface area contributed by atoms with Gasteiger partial charge in [-0.25, -0.2) is 9.78 Å². The van der Waals surface area contributed by atoms with Gasteiger partial charge in [0.25, 0.3) is 5.91 Å². The van der Waals surface area contributed by atoms with Crippen LogP contribution < -0.4 is 10.6 Å². The third-order valence-corrected chi connectivity index (χ3v) is 2.17. The predicted molar refractivity (Wildman–Crippen MR) is 58.0 cm³/mol. The molecule has 1 aliphatic rings. The Balaban J connectivity index is 1.94. The molecule has 1 aliphatic heterocycles. The molecule has 0 saturated carbocycles. The van der Waals surface area contributed by atoms with E-state index < -0.39 is 17.8 Å². The number of amides is 4. The quantitative estimate of drug-likeness (QED) is 0.694. The number of carbonyl (C=O) groups is 3. The van der Waals surface area contributed by atoms with Crippen LogP contribution in [0, 0.1) is 0 Å². The van der Waals surface area contributed by atoms with E-state index in [1.54, 1.807) is 18.2 Å². The second kappa shape index (κ2) is 4.60. The molecule has 0 atom stereocenters. The number of pyridine rings is 1. The maximum absolute atomic E-state index is 11.5. The Bertz CT molecular complexity index is 444. The zero-order valence-corrected chi connectivity index (χ0v) is 8.84. The summed E-state index contributed by atoms with van der Waals surface area (Å²) in [4.78, 5) is 38.7. The highest BCUT2D eigenvalue weighted by atomic mass is 16.2. The van der Waals surface area contributed by atoms with Gasteiger partial charge in [-0.05, 0) is 12.1 Å². The highest BCUT2D eigenvalue weighted by Gasteiger charge is 2.30. The van der Waals surface area contributed by atoms with E-state index in [2.05, 4.69) is 15.6 Å². The lowest BCUT2D eigenvalue weighted by Gasteiger charge is -2.11. The van der Waals surface area contributed by atoms with E-state index in [0.29, 0.717) is 5.82 Å². The topological polar surface area (TPSA) is 91.4 Å². The molecule has 0 aliphatic carbocycles. The Morgan fingerprint density at radius 1 is 1.47 bits per heavy atom. The van der Waals surface area contributed by atoms with E-state index in [1.165, 1.54) is 6.20 Å². The van der Waals surface area contributed by atoms with Crippen LogP contribution in [-0.4, -0.2) is 40.8 Å². The normalized spacial score (nSPS) is 14.7. The van der Waals surface area contributed by atoms with E-state index in [4.69, 9.17) is 0 Å². The van der Waals surface area contributed by atoms with Crippen LogP contribution in [0.2, 0.25) is 0 Å². The molecule has 0 radical (unpaired) electrons. The molecular weight excluding hydrogens is 224 g/mol. The first-order valence-corrected chi connectivity index (χ1v) is 4.96. The monoisotopic (exact) mass is 234 g/mol. The highest BCUT2D eigenvalue weighted by molar-refractivity contribution is 6.06. The van der Waals surface area contributed by atoms with Gasteiger partial charge in [-0.2, -0.15) is 0 Å². The van der Waals surface area contributed by atoms with Crippen LogP contribution in [-0.2, 0) is 9.59 Å². The summed E-state index contributed by atoms with van der Waals surface area (Å²) in [6.07, 6.45) is 1.53. The number of imide groups is 1. The summed E-state index contributed by atoms with van der Waals surface area (Å²) in [6, 6.07) is 4.50. The molecule has 2 rings (SSSR count). The first-order valence-electron chi connectivity index (χ1n) is 4.96. The zero-order chi connectivity index (χ0) is 12.3. The van der Waals surface area contributed by atoms with E-state index >= 15 is 0 Å². The number of urea groups is 1. The van der Waals surface area contributed by atoms with Gasteiger partial charge in [0.15, 0.2) is 0 Å². The summed E-state index contributed by atoms with van der Waals surface area (Å²) >= 11 is 0. The number of nitrogens with zero attached hydrogens (tertiary/aromatic N) is 2. The van der Waals surface area contributed by atoms with Crippen molar-refractivity contribution in [2.45, 2.75) is 0 Å². The second-order valence-electron chi connectivity index (χ2n) is 3.40. The molecule has 7 nitrogen and oxygen atoms in total. The van der Waals surface area contributed by atoms with Gasteiger partial charge in [0, 0.05) is 6.20 Å². The molecule has 17 heavy (non-hydrogen) atoms. The molecule has 0 unspecified atom stereocenters. The lowest BCUT2D eigenvalue weighted by molar-refractivity contribution is -0.128. The molecular formula is C10H10N4O3. The van der Waals surface area contributed by atoms with Gasteiger partial charge in [-0.15, -0.1) is 0 Å². The Labute approximate surface area is 96.8 Å². The maximum atomic E-state index is 11.5. The Kier molecular flexibility index (Phi) is 2.99. The fourth-order valence-electron chi connectivity index (χ4n) is 1.38. The summed E-state index contributed by atoms with van der Waals surface area (Å²) in [5.41, 5.74) is 0. The minimum Gasteiger partial charge on any atom is -0.329 e. The molecule has 4 amide bonds. The molecule has 2 heterocycles. The van der Waals surface area contributed by atoms with Gasteiger partial charge in [0.2, 0.25) is 5.91 Å². The second-order valence-corrected chi connectivity index (χ2v) is 3.40. The zero-order valence-electron chi connectivity index (χ0n) is 8.84. The van der Waals surface area contributed by atoms with Crippen molar-refractivity contribution < 1.29 is 14.4 Å². The summed E-state index contributed by atoms with van der Waals surface area (Å²) in [6.45, 7) is -0.364. The van der Waals surface area contributed by atoms with Crippen LogP contribution in [0.15, 0.2) is 24.4 Å². The average Bonchev–Trinajstić information content (AvgIpc) is 2.62. The third kappa shape index (κ3) is 2.57. The Morgan fingerprint density at radius 3 is 2.88 bits per heavy atom. The summed E-state index contributed by atoms with van der Waals surface area (Å²) in [7, 11) is 0. The Morgan fingerprint density at radius 2 is 2.29 bits per heavy atom. The fraction of sp³-hybridized carbons (Fsp3) is 0.200. The first kappa shape index (κ1) is 11.1. The molecule has 1 saturated heterocycles. The summed E-state index contributed by atoms with van der Waals surface area (Å²) in [5, 5.41) is 4.82. The van der Waals surface area contributed by atoms with Crippen LogP contribution >= 0.6 is 0 Å². The third-order valence-electron chi connectivity index (χ3n) is 2.17. The van der Waals surface area contributed by atoms with Gasteiger partial charge in [-0.1, -0.05) is 6.07 Å². The molecule has 1 aromatic rings. The average molecular weight is 234 g/mol. The molecule has 0 spiro atoms. The van der Waals surface area contributed by atoms with Crippen molar-refractivity contribution >= 4 is 23.7 Å². The van der Waals surface area contributed by atoms with Crippen LogP contribution in [0.5, 0.6) is 0 Å². The number of hydrogen-bond donors (Lipinski definition) is 2. The summed E-state index contributed by atoms with van der Waals surface area (Å²) < 4.78 is 0. The molecule has 0 bridgehead atoms. The van der Waals surface area contributed by atoms with Gasteiger partial charge in [0.05, 0.1) is 6.54 Å². The fourth-order valence-corrected chi connectivity index (χ4v) is 1.38. The van der Waals surface area contributed by atoms with Gasteiger partial charge in [0.1, 0.15) is 12.4 Å². The van der Waals surface area contributed by atoms with Crippen molar-refractivity contribution in [3.05, 3.63) is 24.4 Å². The van der Waals surface area contributed by atoms with E-state index in [-0.39, 0.29) is 13.1 Å².